The molecule has 4 N–H and O–H groups in total. The van der Waals surface area contributed by atoms with Crippen LogP contribution >= 0.6 is 7.60 Å². The lowest BCUT2D eigenvalue weighted by molar-refractivity contribution is -0.118. The largest absolute Gasteiger partial charge is 0.478 e. The Balaban J connectivity index is 1.49. The maximum absolute atomic E-state index is 13.2. The van der Waals surface area contributed by atoms with Crippen LogP contribution in [0.5, 0.6) is 5.75 Å². The van der Waals surface area contributed by atoms with Gasteiger partial charge in [-0.05, 0) is 59.5 Å². The first-order valence-corrected chi connectivity index (χ1v) is 13.6. The number of amides is 1. The summed E-state index contributed by atoms with van der Waals surface area (Å²) in [4.78, 5) is 34.7. The highest BCUT2D eigenvalue weighted by molar-refractivity contribution is 7.53. The Morgan fingerprint density at radius 3 is 1.97 bits per heavy atom. The molecule has 0 fully saturated rings. The predicted molar refractivity (Wildman–Crippen MR) is 146 cm³/mol. The van der Waals surface area contributed by atoms with Crippen molar-refractivity contribution >= 4 is 25.2 Å². The molecule has 0 aliphatic rings. The topological polar surface area (TPSA) is 125 Å². The monoisotopic (exact) mass is 530 g/mol. The smallest absolute Gasteiger partial charge is 0.390 e. The standard InChI is InChI=1S/C29H27N2O6P/c32-28(31-25-17-15-24(16-18-25)29(33)34)27(30-20-38(35,36)37-26-9-5-2-6-10-26)19-21-11-13-23(14-12-21)22-7-3-1-4-8-22/h1-18,27,30H,19-20H2,(H,31,32)(H,33,34)(H,35,36)/t27-/m0/s1. The Morgan fingerprint density at radius 2 is 1.37 bits per heavy atom. The second-order valence-corrected chi connectivity index (χ2v) is 10.4. The molecule has 1 amide bonds. The second kappa shape index (κ2) is 12.3. The third-order valence-corrected chi connectivity index (χ3v) is 6.82. The molecule has 0 aliphatic heterocycles. The van der Waals surface area contributed by atoms with Crippen LogP contribution in [0.1, 0.15) is 15.9 Å². The molecule has 4 aromatic rings. The van der Waals surface area contributed by atoms with Crippen LogP contribution in [0.15, 0.2) is 109 Å². The van der Waals surface area contributed by atoms with E-state index in [0.29, 0.717) is 5.69 Å². The van der Waals surface area contributed by atoms with E-state index in [2.05, 4.69) is 10.6 Å². The van der Waals surface area contributed by atoms with Crippen molar-refractivity contribution in [3.05, 3.63) is 120 Å². The van der Waals surface area contributed by atoms with E-state index in [-0.39, 0.29) is 17.7 Å². The van der Waals surface area contributed by atoms with Gasteiger partial charge >= 0.3 is 13.6 Å². The van der Waals surface area contributed by atoms with Crippen molar-refractivity contribution in [2.75, 3.05) is 11.6 Å². The maximum atomic E-state index is 13.2. The van der Waals surface area contributed by atoms with Gasteiger partial charge in [0.15, 0.2) is 0 Å². The fraction of sp³-hybridized carbons (Fsp3) is 0.103. The Labute approximate surface area is 220 Å². The van der Waals surface area contributed by atoms with Gasteiger partial charge in [0.05, 0.1) is 11.6 Å². The van der Waals surface area contributed by atoms with Crippen LogP contribution in [0.4, 0.5) is 5.69 Å². The number of carbonyl (C=O) groups excluding carboxylic acids is 1. The molecule has 0 aliphatic carbocycles. The molecule has 0 saturated heterocycles. The van der Waals surface area contributed by atoms with Crippen molar-refractivity contribution in [2.24, 2.45) is 0 Å². The number of hydrogen-bond donors (Lipinski definition) is 4. The predicted octanol–water partition coefficient (Wildman–Crippen LogP) is 5.41. The van der Waals surface area contributed by atoms with Crippen LogP contribution < -0.4 is 15.2 Å². The first kappa shape index (κ1) is 26.8. The van der Waals surface area contributed by atoms with Crippen molar-refractivity contribution in [1.82, 2.24) is 5.32 Å². The lowest BCUT2D eigenvalue weighted by Gasteiger charge is -2.21. The van der Waals surface area contributed by atoms with Gasteiger partial charge in [0.1, 0.15) is 12.0 Å². The zero-order valence-electron chi connectivity index (χ0n) is 20.4. The number of rotatable bonds is 11. The fourth-order valence-corrected chi connectivity index (χ4v) is 4.75. The lowest BCUT2D eigenvalue weighted by Crippen LogP contribution is -2.42. The Hall–Kier alpha value is -4.23. The number of carbonyl (C=O) groups is 2. The normalized spacial score (nSPS) is 13.2. The van der Waals surface area contributed by atoms with E-state index >= 15 is 0 Å². The molecule has 1 unspecified atom stereocenters. The van der Waals surface area contributed by atoms with E-state index in [1.165, 1.54) is 24.3 Å². The summed E-state index contributed by atoms with van der Waals surface area (Å²) in [5.74, 6) is -1.27. The fourth-order valence-electron chi connectivity index (χ4n) is 3.79. The molecule has 9 heteroatoms. The van der Waals surface area contributed by atoms with Gasteiger partial charge in [-0.2, -0.15) is 0 Å². The number of anilines is 1. The molecule has 0 saturated carbocycles. The summed E-state index contributed by atoms with van der Waals surface area (Å²) < 4.78 is 18.0. The molecule has 0 radical (unpaired) electrons. The zero-order valence-corrected chi connectivity index (χ0v) is 21.3. The van der Waals surface area contributed by atoms with Crippen LogP contribution in [0.2, 0.25) is 0 Å². The summed E-state index contributed by atoms with van der Waals surface area (Å²) in [6, 6.07) is 30.8. The summed E-state index contributed by atoms with van der Waals surface area (Å²) in [5, 5.41) is 14.7. The van der Waals surface area contributed by atoms with Crippen LogP contribution in [-0.4, -0.2) is 34.2 Å². The van der Waals surface area contributed by atoms with Crippen LogP contribution in [-0.2, 0) is 15.8 Å². The number of benzene rings is 4. The van der Waals surface area contributed by atoms with Crippen molar-refractivity contribution in [3.8, 4) is 16.9 Å². The van der Waals surface area contributed by atoms with Crippen molar-refractivity contribution < 1.29 is 28.7 Å². The molecule has 0 heterocycles. The average molecular weight is 531 g/mol. The number of carboxylic acid groups (broad SMARTS) is 1. The summed E-state index contributed by atoms with van der Waals surface area (Å²) in [7, 11) is -4.12. The van der Waals surface area contributed by atoms with Gasteiger partial charge in [0.2, 0.25) is 5.91 Å². The summed E-state index contributed by atoms with van der Waals surface area (Å²) in [6.07, 6.45) is -0.223. The first-order valence-electron chi connectivity index (χ1n) is 11.9. The van der Waals surface area contributed by atoms with Crippen LogP contribution in [0, 0.1) is 0 Å². The molecule has 8 nitrogen and oxygen atoms in total. The Morgan fingerprint density at radius 1 is 0.789 bits per heavy atom. The van der Waals surface area contributed by atoms with Gasteiger partial charge in [-0.3, -0.25) is 10.1 Å². The Bertz CT molecular complexity index is 1410. The highest BCUT2D eigenvalue weighted by Gasteiger charge is 2.26. The van der Waals surface area contributed by atoms with Crippen molar-refractivity contribution in [3.63, 3.8) is 0 Å². The minimum atomic E-state index is -4.12. The average Bonchev–Trinajstić information content (AvgIpc) is 2.92. The van der Waals surface area contributed by atoms with Gasteiger partial charge in [-0.15, -0.1) is 0 Å². The number of aromatic carboxylic acids is 1. The number of hydrogen-bond acceptors (Lipinski definition) is 5. The minimum absolute atomic E-state index is 0.0930. The molecule has 38 heavy (non-hydrogen) atoms. The third-order valence-electron chi connectivity index (χ3n) is 5.75. The second-order valence-electron chi connectivity index (χ2n) is 8.60. The molecule has 194 valence electrons. The third kappa shape index (κ3) is 7.63. The highest BCUT2D eigenvalue weighted by atomic mass is 31.2. The molecule has 0 aromatic heterocycles. The molecule has 0 bridgehead atoms. The van der Waals surface area contributed by atoms with E-state index in [4.69, 9.17) is 9.63 Å². The van der Waals surface area contributed by atoms with E-state index in [9.17, 15) is 19.0 Å². The SMILES string of the molecule is O=C(O)c1ccc(NC(=O)[C@H](Cc2ccc(-c3ccccc3)cc2)NCP(=O)(O)Oc2ccccc2)cc1. The summed E-state index contributed by atoms with van der Waals surface area (Å²) in [5.41, 5.74) is 3.43. The van der Waals surface area contributed by atoms with Crippen molar-refractivity contribution in [1.29, 1.82) is 0 Å². The number of nitrogens with one attached hydrogen (secondary N) is 2. The number of carboxylic acids is 1. The molecule has 0 spiro atoms. The zero-order chi connectivity index (χ0) is 27.0. The van der Waals surface area contributed by atoms with Gasteiger partial charge in [-0.25, -0.2) is 9.36 Å². The number of para-hydroxylation sites is 1. The van der Waals surface area contributed by atoms with Crippen LogP contribution in [0.25, 0.3) is 11.1 Å². The van der Waals surface area contributed by atoms with Crippen LogP contribution in [0.3, 0.4) is 0 Å². The molecule has 2 atom stereocenters. The maximum Gasteiger partial charge on any atom is 0.390 e. The van der Waals surface area contributed by atoms with E-state index < -0.39 is 31.8 Å². The first-order chi connectivity index (χ1) is 18.3. The highest BCUT2D eigenvalue weighted by Crippen LogP contribution is 2.41. The van der Waals surface area contributed by atoms with Crippen molar-refractivity contribution in [2.45, 2.75) is 12.5 Å². The van der Waals surface area contributed by atoms with Gasteiger partial charge in [0, 0.05) is 5.69 Å². The van der Waals surface area contributed by atoms with Gasteiger partial charge < -0.3 is 19.8 Å². The summed E-state index contributed by atoms with van der Waals surface area (Å²) in [6.45, 7) is 0. The molecular weight excluding hydrogens is 503 g/mol. The lowest BCUT2D eigenvalue weighted by atomic mass is 10.0. The van der Waals surface area contributed by atoms with E-state index in [0.717, 1.165) is 16.7 Å². The van der Waals surface area contributed by atoms with Gasteiger partial charge in [-0.1, -0.05) is 72.8 Å². The molecule has 4 rings (SSSR count). The molecule has 4 aromatic carbocycles. The van der Waals surface area contributed by atoms with E-state index in [1.807, 2.05) is 54.6 Å². The minimum Gasteiger partial charge on any atom is -0.478 e. The molecular formula is C29H27N2O6P. The summed E-state index contributed by atoms with van der Waals surface area (Å²) >= 11 is 0. The van der Waals surface area contributed by atoms with Gasteiger partial charge in [0.25, 0.3) is 0 Å². The van der Waals surface area contributed by atoms with E-state index in [1.54, 1.807) is 30.3 Å². The Kier molecular flexibility index (Phi) is 8.71. The quantitative estimate of drug-likeness (QED) is 0.191.